The Morgan fingerprint density at radius 1 is 1.10 bits per heavy atom. The number of rotatable bonds is 13. The van der Waals surface area contributed by atoms with Crippen molar-refractivity contribution in [1.29, 1.82) is 0 Å². The Bertz CT molecular complexity index is 1140. The van der Waals surface area contributed by atoms with E-state index in [0.29, 0.717) is 35.1 Å². The topological polar surface area (TPSA) is 78.9 Å². The second-order valence-corrected chi connectivity index (χ2v) is 13.2. The first-order valence-corrected chi connectivity index (χ1v) is 17.2. The van der Waals surface area contributed by atoms with E-state index in [1.165, 1.54) is 32.1 Å². The summed E-state index contributed by atoms with van der Waals surface area (Å²) >= 11 is 3.51. The number of aliphatic carboxylic acids is 1. The molecule has 2 N–H and O–H groups in total. The zero-order chi connectivity index (χ0) is 28.5. The van der Waals surface area contributed by atoms with Gasteiger partial charge in [0.2, 0.25) is 0 Å². The van der Waals surface area contributed by atoms with E-state index < -0.39 is 12.0 Å². The van der Waals surface area contributed by atoms with E-state index in [9.17, 15) is 14.7 Å². The number of carbonyl (C=O) groups excluding carboxylic acids is 1. The van der Waals surface area contributed by atoms with Crippen LogP contribution in [0, 0.1) is 6.92 Å². The second kappa shape index (κ2) is 15.3. The van der Waals surface area contributed by atoms with Crippen LogP contribution in [0.5, 0.6) is 0 Å². The number of hydrogen-bond donors (Lipinski definition) is 2. The van der Waals surface area contributed by atoms with Crippen LogP contribution in [0.4, 0.5) is 0 Å². The van der Waals surface area contributed by atoms with Crippen LogP contribution in [-0.2, 0) is 16.1 Å². The van der Waals surface area contributed by atoms with E-state index in [1.807, 2.05) is 61.3 Å². The molecule has 0 radical (unpaired) electrons. The van der Waals surface area contributed by atoms with Gasteiger partial charge in [-0.2, -0.15) is 23.5 Å². The largest absolute Gasteiger partial charge is 0.480 e. The molecular weight excluding hydrogens is 540 g/mol. The average Bonchev–Trinajstić information content (AvgIpc) is 3.36. The van der Waals surface area contributed by atoms with Gasteiger partial charge >= 0.3 is 5.97 Å². The summed E-state index contributed by atoms with van der Waals surface area (Å²) in [4.78, 5) is 27.8. The maximum absolute atomic E-state index is 13.4. The lowest BCUT2D eigenvalue weighted by molar-refractivity contribution is -0.139. The predicted molar refractivity (Wildman–Crippen MR) is 167 cm³/mol. The number of nitrogens with zero attached hydrogens (tertiary/aromatic N) is 1. The maximum atomic E-state index is 13.4. The molecule has 1 aliphatic carbocycles. The minimum atomic E-state index is -1.00. The fourth-order valence-corrected chi connectivity index (χ4v) is 7.13. The maximum Gasteiger partial charge on any atom is 0.326 e. The van der Waals surface area contributed by atoms with Gasteiger partial charge in [0.15, 0.2) is 0 Å². The van der Waals surface area contributed by atoms with Crippen LogP contribution in [0.15, 0.2) is 42.5 Å². The third-order valence-electron chi connectivity index (χ3n) is 8.26. The van der Waals surface area contributed by atoms with Gasteiger partial charge in [-0.15, -0.1) is 0 Å². The summed E-state index contributed by atoms with van der Waals surface area (Å²) in [6, 6.07) is 13.6. The lowest BCUT2D eigenvalue weighted by Gasteiger charge is -2.28. The molecule has 2 aromatic carbocycles. The van der Waals surface area contributed by atoms with Crippen molar-refractivity contribution in [3.05, 3.63) is 59.2 Å². The van der Waals surface area contributed by atoms with Crippen molar-refractivity contribution in [2.75, 3.05) is 31.4 Å². The van der Waals surface area contributed by atoms with E-state index in [2.05, 4.69) is 22.5 Å². The van der Waals surface area contributed by atoms with Gasteiger partial charge in [-0.3, -0.25) is 9.69 Å². The molecule has 3 atom stereocenters. The van der Waals surface area contributed by atoms with Gasteiger partial charge in [-0.05, 0) is 85.3 Å². The number of amides is 1. The molecule has 1 saturated heterocycles. The number of carboxylic acids is 1. The standard InChI is InChI=1S/C32H44N2O4S2/c1-22-9-7-8-12-27(22)29-17-23(13-14-28(29)31(35)33-30(32(36)37)15-16-39-2)19-34-20-26(40-3)18-24(34)21-38-25-10-5-4-6-11-25/h7-9,12-14,17,24-26,30H,4-6,10-11,15-16,18-21H2,1-3H3,(H,33,35)(H,36,37)/t24-,26?,30+/m1/s1. The normalized spacial score (nSPS) is 20.9. The summed E-state index contributed by atoms with van der Waals surface area (Å²) in [5.41, 5.74) is 4.57. The molecule has 0 aromatic heterocycles. The van der Waals surface area contributed by atoms with Crippen molar-refractivity contribution in [2.45, 2.75) is 81.9 Å². The molecule has 1 saturated carbocycles. The minimum absolute atomic E-state index is 0.347. The average molecular weight is 585 g/mol. The number of carboxylic acid groups (broad SMARTS) is 1. The molecule has 6 nitrogen and oxygen atoms in total. The van der Waals surface area contributed by atoms with Crippen molar-refractivity contribution >= 4 is 35.4 Å². The van der Waals surface area contributed by atoms with Crippen LogP contribution in [0.1, 0.15) is 66.4 Å². The molecule has 1 aliphatic heterocycles. The Labute approximate surface area is 248 Å². The highest BCUT2D eigenvalue weighted by Gasteiger charge is 2.33. The molecule has 2 aliphatic rings. The van der Waals surface area contributed by atoms with Crippen LogP contribution < -0.4 is 5.32 Å². The Morgan fingerprint density at radius 2 is 1.88 bits per heavy atom. The summed E-state index contributed by atoms with van der Waals surface area (Å²) in [7, 11) is 0. The number of thioether (sulfide) groups is 2. The van der Waals surface area contributed by atoms with Crippen molar-refractivity contribution in [3.63, 3.8) is 0 Å². The molecule has 2 aromatic rings. The lowest BCUT2D eigenvalue weighted by Crippen LogP contribution is -2.41. The van der Waals surface area contributed by atoms with Gasteiger partial charge in [-0.25, -0.2) is 4.79 Å². The highest BCUT2D eigenvalue weighted by Crippen LogP contribution is 2.32. The second-order valence-electron chi connectivity index (χ2n) is 11.1. The summed E-state index contributed by atoms with van der Waals surface area (Å²) in [6.07, 6.45) is 12.3. The first-order valence-electron chi connectivity index (χ1n) is 14.5. The SMILES string of the molecule is CSCC[C@H](NC(=O)c1ccc(CN2CC(SC)C[C@@H]2COC2CCCCC2)cc1-c1ccccc1C)C(=O)O. The molecule has 0 bridgehead atoms. The van der Waals surface area contributed by atoms with Crippen LogP contribution in [0.2, 0.25) is 0 Å². The number of benzene rings is 2. The summed E-state index contributed by atoms with van der Waals surface area (Å²) in [6.45, 7) is 4.64. The van der Waals surface area contributed by atoms with Crippen molar-refractivity contribution in [2.24, 2.45) is 0 Å². The Kier molecular flexibility index (Phi) is 11.8. The van der Waals surface area contributed by atoms with Crippen LogP contribution in [-0.4, -0.2) is 76.7 Å². The quantitative estimate of drug-likeness (QED) is 0.288. The first-order chi connectivity index (χ1) is 19.4. The summed E-state index contributed by atoms with van der Waals surface area (Å²) < 4.78 is 6.42. The molecule has 0 spiro atoms. The summed E-state index contributed by atoms with van der Waals surface area (Å²) in [5, 5.41) is 13.1. The lowest BCUT2D eigenvalue weighted by atomic mass is 9.93. The first kappa shape index (κ1) is 30.9. The fourth-order valence-electron chi connectivity index (χ4n) is 5.90. The highest BCUT2D eigenvalue weighted by atomic mass is 32.2. The number of aryl methyl sites for hydroxylation is 1. The monoisotopic (exact) mass is 584 g/mol. The van der Waals surface area contributed by atoms with Gasteiger partial charge in [0, 0.05) is 29.9 Å². The van der Waals surface area contributed by atoms with Gasteiger partial charge in [0.25, 0.3) is 5.91 Å². The van der Waals surface area contributed by atoms with Crippen LogP contribution in [0.25, 0.3) is 11.1 Å². The molecule has 1 amide bonds. The number of carbonyl (C=O) groups is 2. The van der Waals surface area contributed by atoms with Gasteiger partial charge < -0.3 is 15.2 Å². The fraction of sp³-hybridized carbons (Fsp3) is 0.562. The molecular formula is C32H44N2O4S2. The number of nitrogens with one attached hydrogen (secondary N) is 1. The minimum Gasteiger partial charge on any atom is -0.480 e. The summed E-state index contributed by atoms with van der Waals surface area (Å²) in [5.74, 6) is -0.685. The Balaban J connectivity index is 1.56. The predicted octanol–water partition coefficient (Wildman–Crippen LogP) is 6.25. The number of ether oxygens (including phenoxy) is 1. The molecule has 1 heterocycles. The molecule has 4 rings (SSSR count). The third-order valence-corrected chi connectivity index (χ3v) is 9.92. The van der Waals surface area contributed by atoms with E-state index in [0.717, 1.165) is 48.4 Å². The van der Waals surface area contributed by atoms with E-state index in [-0.39, 0.29) is 5.91 Å². The van der Waals surface area contributed by atoms with E-state index >= 15 is 0 Å². The van der Waals surface area contributed by atoms with Gasteiger partial charge in [0.05, 0.1) is 12.7 Å². The van der Waals surface area contributed by atoms with E-state index in [1.54, 1.807) is 11.8 Å². The van der Waals surface area contributed by atoms with Gasteiger partial charge in [0.1, 0.15) is 6.04 Å². The molecule has 40 heavy (non-hydrogen) atoms. The molecule has 1 unspecified atom stereocenters. The van der Waals surface area contributed by atoms with Crippen molar-refractivity contribution < 1.29 is 19.4 Å². The molecule has 8 heteroatoms. The van der Waals surface area contributed by atoms with Gasteiger partial charge in [-0.1, -0.05) is 49.6 Å². The number of hydrogen-bond acceptors (Lipinski definition) is 6. The Hall–Kier alpha value is -2.00. The van der Waals surface area contributed by atoms with Crippen molar-refractivity contribution in [1.82, 2.24) is 10.2 Å². The van der Waals surface area contributed by atoms with Crippen molar-refractivity contribution in [3.8, 4) is 11.1 Å². The smallest absolute Gasteiger partial charge is 0.326 e. The van der Waals surface area contributed by atoms with Crippen LogP contribution in [0.3, 0.4) is 0 Å². The Morgan fingerprint density at radius 3 is 2.58 bits per heavy atom. The molecule has 218 valence electrons. The zero-order valence-electron chi connectivity index (χ0n) is 24.1. The highest BCUT2D eigenvalue weighted by molar-refractivity contribution is 7.99. The van der Waals surface area contributed by atoms with E-state index in [4.69, 9.17) is 4.74 Å². The zero-order valence-corrected chi connectivity index (χ0v) is 25.7. The molecule has 2 fully saturated rings. The third kappa shape index (κ3) is 8.28. The number of likely N-dealkylation sites (tertiary alicyclic amines) is 1. The van der Waals surface area contributed by atoms with Crippen LogP contribution >= 0.6 is 23.5 Å².